The average molecular weight is 360 g/mol. The Morgan fingerprint density at radius 3 is 2.44 bits per heavy atom. The Morgan fingerprint density at radius 1 is 1.16 bits per heavy atom. The molecule has 0 heterocycles. The first-order chi connectivity index (χ1) is 11.8. The van der Waals surface area contributed by atoms with Crippen LogP contribution in [0.25, 0.3) is 11.1 Å². The molecule has 2 aromatic rings. The standard InChI is InChI=1S/C18H20N2O4S/c1-20(2)17-6-4-3-5-16(17)12-9-13(18(21)22)11-15(10-12)25(23,24)19-14-7-8-14/h3-6,9-11,14,19H,7-8H2,1-2H3,(H,21,22). The summed E-state index contributed by atoms with van der Waals surface area (Å²) in [6, 6.07) is 11.7. The van der Waals surface area contributed by atoms with Crippen LogP contribution in [-0.2, 0) is 10.0 Å². The summed E-state index contributed by atoms with van der Waals surface area (Å²) in [5.74, 6) is -1.16. The summed E-state index contributed by atoms with van der Waals surface area (Å²) in [5, 5.41) is 9.39. The van der Waals surface area contributed by atoms with Crippen LogP contribution in [0.15, 0.2) is 47.4 Å². The van der Waals surface area contributed by atoms with E-state index in [1.54, 1.807) is 0 Å². The van der Waals surface area contributed by atoms with Gasteiger partial charge in [-0.1, -0.05) is 18.2 Å². The number of benzene rings is 2. The van der Waals surface area contributed by atoms with Gasteiger partial charge in [-0.3, -0.25) is 0 Å². The second-order valence-electron chi connectivity index (χ2n) is 6.36. The number of anilines is 1. The molecule has 0 bridgehead atoms. The van der Waals surface area contributed by atoms with Crippen LogP contribution in [0.4, 0.5) is 5.69 Å². The van der Waals surface area contributed by atoms with E-state index in [0.717, 1.165) is 24.1 Å². The van der Waals surface area contributed by atoms with Crippen molar-refractivity contribution in [3.8, 4) is 11.1 Å². The number of hydrogen-bond donors (Lipinski definition) is 2. The van der Waals surface area contributed by atoms with Crippen molar-refractivity contribution in [3.05, 3.63) is 48.0 Å². The zero-order chi connectivity index (χ0) is 18.2. The van der Waals surface area contributed by atoms with Crippen molar-refractivity contribution in [2.45, 2.75) is 23.8 Å². The van der Waals surface area contributed by atoms with Crippen LogP contribution in [0, 0.1) is 0 Å². The second-order valence-corrected chi connectivity index (χ2v) is 8.07. The fourth-order valence-corrected chi connectivity index (χ4v) is 4.00. The van der Waals surface area contributed by atoms with Gasteiger partial charge in [-0.15, -0.1) is 0 Å². The SMILES string of the molecule is CN(C)c1ccccc1-c1cc(C(=O)O)cc(S(=O)(=O)NC2CC2)c1. The monoisotopic (exact) mass is 360 g/mol. The largest absolute Gasteiger partial charge is 0.478 e. The van der Waals surface area contributed by atoms with Crippen LogP contribution in [-0.4, -0.2) is 39.6 Å². The number of para-hydroxylation sites is 1. The smallest absolute Gasteiger partial charge is 0.335 e. The highest BCUT2D eigenvalue weighted by Gasteiger charge is 2.29. The highest BCUT2D eigenvalue weighted by molar-refractivity contribution is 7.89. The third-order valence-corrected chi connectivity index (χ3v) is 5.56. The van der Waals surface area contributed by atoms with Crippen LogP contribution in [0.3, 0.4) is 0 Å². The molecule has 1 saturated carbocycles. The molecule has 7 heteroatoms. The van der Waals surface area contributed by atoms with E-state index in [1.807, 2.05) is 43.3 Å². The fraction of sp³-hybridized carbons (Fsp3) is 0.278. The number of sulfonamides is 1. The minimum atomic E-state index is -3.74. The van der Waals surface area contributed by atoms with Crippen molar-refractivity contribution in [2.24, 2.45) is 0 Å². The summed E-state index contributed by atoms with van der Waals surface area (Å²) in [7, 11) is 0.0187. The van der Waals surface area contributed by atoms with Gasteiger partial charge < -0.3 is 10.0 Å². The number of rotatable bonds is 6. The molecule has 25 heavy (non-hydrogen) atoms. The number of carbonyl (C=O) groups is 1. The predicted octanol–water partition coefficient (Wildman–Crippen LogP) is 2.56. The summed E-state index contributed by atoms with van der Waals surface area (Å²) >= 11 is 0. The normalized spacial score (nSPS) is 14.3. The van der Waals surface area contributed by atoms with Gasteiger partial charge in [0.15, 0.2) is 0 Å². The van der Waals surface area contributed by atoms with E-state index >= 15 is 0 Å². The number of carboxylic acids is 1. The van der Waals surface area contributed by atoms with E-state index in [4.69, 9.17) is 0 Å². The number of nitrogens with one attached hydrogen (secondary N) is 1. The molecule has 0 amide bonds. The van der Waals surface area contributed by atoms with Gasteiger partial charge >= 0.3 is 5.97 Å². The van der Waals surface area contributed by atoms with Gasteiger partial charge in [0.05, 0.1) is 10.5 Å². The number of carboxylic acid groups (broad SMARTS) is 1. The Balaban J connectivity index is 2.16. The van der Waals surface area contributed by atoms with Crippen molar-refractivity contribution in [1.82, 2.24) is 4.72 Å². The van der Waals surface area contributed by atoms with Gasteiger partial charge in [0.1, 0.15) is 0 Å². The molecular weight excluding hydrogens is 340 g/mol. The van der Waals surface area contributed by atoms with Crippen LogP contribution in [0.1, 0.15) is 23.2 Å². The zero-order valence-electron chi connectivity index (χ0n) is 14.1. The van der Waals surface area contributed by atoms with Gasteiger partial charge in [-0.05, 0) is 42.7 Å². The molecule has 6 nitrogen and oxygen atoms in total. The molecule has 0 aliphatic heterocycles. The van der Waals surface area contributed by atoms with E-state index in [0.29, 0.717) is 5.56 Å². The molecule has 2 N–H and O–H groups in total. The summed E-state index contributed by atoms with van der Waals surface area (Å²) < 4.78 is 27.7. The quantitative estimate of drug-likeness (QED) is 0.827. The van der Waals surface area contributed by atoms with Gasteiger partial charge in [0, 0.05) is 31.4 Å². The minimum absolute atomic E-state index is 0.0251. The molecule has 0 spiro atoms. The molecule has 0 aromatic heterocycles. The zero-order valence-corrected chi connectivity index (χ0v) is 14.9. The first-order valence-electron chi connectivity index (χ1n) is 7.95. The van der Waals surface area contributed by atoms with E-state index < -0.39 is 16.0 Å². The number of hydrogen-bond acceptors (Lipinski definition) is 4. The lowest BCUT2D eigenvalue weighted by Crippen LogP contribution is -2.26. The summed E-state index contributed by atoms with van der Waals surface area (Å²) in [4.78, 5) is 13.4. The molecule has 0 atom stereocenters. The second kappa shape index (κ2) is 6.50. The molecule has 1 aliphatic carbocycles. The first-order valence-corrected chi connectivity index (χ1v) is 9.44. The molecule has 0 radical (unpaired) electrons. The molecule has 3 rings (SSSR count). The fourth-order valence-electron chi connectivity index (χ4n) is 2.63. The Bertz CT molecular complexity index is 918. The maximum Gasteiger partial charge on any atom is 0.335 e. The molecule has 1 fully saturated rings. The molecule has 0 saturated heterocycles. The maximum atomic E-state index is 12.5. The lowest BCUT2D eigenvalue weighted by molar-refractivity contribution is 0.0696. The maximum absolute atomic E-state index is 12.5. The van der Waals surface area contributed by atoms with Crippen molar-refractivity contribution < 1.29 is 18.3 Å². The molecular formula is C18H20N2O4S. The lowest BCUT2D eigenvalue weighted by Gasteiger charge is -2.18. The van der Waals surface area contributed by atoms with E-state index in [-0.39, 0.29) is 16.5 Å². The first kappa shape index (κ1) is 17.4. The van der Waals surface area contributed by atoms with Crippen molar-refractivity contribution in [2.75, 3.05) is 19.0 Å². The third-order valence-electron chi connectivity index (χ3n) is 4.06. The Morgan fingerprint density at radius 2 is 1.84 bits per heavy atom. The predicted molar refractivity (Wildman–Crippen MR) is 96.5 cm³/mol. The van der Waals surface area contributed by atoms with Crippen LogP contribution < -0.4 is 9.62 Å². The molecule has 1 aliphatic rings. The van der Waals surface area contributed by atoms with Crippen molar-refractivity contribution in [3.63, 3.8) is 0 Å². The summed E-state index contributed by atoms with van der Waals surface area (Å²) in [6.45, 7) is 0. The van der Waals surface area contributed by atoms with Crippen molar-refractivity contribution >= 4 is 21.7 Å². The van der Waals surface area contributed by atoms with Gasteiger partial charge in [-0.25, -0.2) is 17.9 Å². The van der Waals surface area contributed by atoms with Crippen LogP contribution >= 0.6 is 0 Å². The summed E-state index contributed by atoms with van der Waals surface area (Å²) in [5.41, 5.74) is 2.16. The average Bonchev–Trinajstić information content (AvgIpc) is 3.37. The minimum Gasteiger partial charge on any atom is -0.478 e. The Kier molecular flexibility index (Phi) is 4.53. The number of aromatic carboxylic acids is 1. The Labute approximate surface area is 147 Å². The molecule has 132 valence electrons. The van der Waals surface area contributed by atoms with Gasteiger partial charge in [0.25, 0.3) is 0 Å². The third kappa shape index (κ3) is 3.83. The highest BCUT2D eigenvalue weighted by Crippen LogP contribution is 2.32. The Hall–Kier alpha value is -2.38. The van der Waals surface area contributed by atoms with Crippen LogP contribution in [0.5, 0.6) is 0 Å². The lowest BCUT2D eigenvalue weighted by atomic mass is 10.0. The molecule has 2 aromatic carbocycles. The van der Waals surface area contributed by atoms with E-state index in [2.05, 4.69) is 4.72 Å². The van der Waals surface area contributed by atoms with E-state index in [1.165, 1.54) is 18.2 Å². The van der Waals surface area contributed by atoms with Crippen molar-refractivity contribution in [1.29, 1.82) is 0 Å². The summed E-state index contributed by atoms with van der Waals surface area (Å²) in [6.07, 6.45) is 1.63. The van der Waals surface area contributed by atoms with E-state index in [9.17, 15) is 18.3 Å². The topological polar surface area (TPSA) is 86.7 Å². The van der Waals surface area contributed by atoms with Gasteiger partial charge in [0.2, 0.25) is 10.0 Å². The van der Waals surface area contributed by atoms with Crippen LogP contribution in [0.2, 0.25) is 0 Å². The molecule has 0 unspecified atom stereocenters. The van der Waals surface area contributed by atoms with Gasteiger partial charge in [-0.2, -0.15) is 0 Å². The highest BCUT2D eigenvalue weighted by atomic mass is 32.2. The number of nitrogens with zero attached hydrogens (tertiary/aromatic N) is 1.